The van der Waals surface area contributed by atoms with Crippen LogP contribution in [0.5, 0.6) is 0 Å². The first kappa shape index (κ1) is 17.9. The molecular formula is C16H18F3N7. The molecule has 0 aliphatic carbocycles. The van der Waals surface area contributed by atoms with Crippen molar-refractivity contribution in [3.63, 3.8) is 0 Å². The molecule has 0 unspecified atom stereocenters. The molecule has 0 spiro atoms. The van der Waals surface area contributed by atoms with Gasteiger partial charge in [0.15, 0.2) is 5.69 Å². The molecule has 0 fully saturated rings. The lowest BCUT2D eigenvalue weighted by atomic mass is 10.1. The molecule has 0 radical (unpaired) electrons. The molecule has 0 aliphatic rings. The van der Waals surface area contributed by atoms with Crippen LogP contribution >= 0.6 is 0 Å². The van der Waals surface area contributed by atoms with E-state index in [0.717, 1.165) is 17.3 Å². The first-order chi connectivity index (χ1) is 12.1. The molecule has 0 saturated heterocycles. The molecule has 1 N–H and O–H groups in total. The van der Waals surface area contributed by atoms with Gasteiger partial charge in [0.1, 0.15) is 0 Å². The Labute approximate surface area is 147 Å². The van der Waals surface area contributed by atoms with Gasteiger partial charge in [-0.3, -0.25) is 9.36 Å². The lowest BCUT2D eigenvalue weighted by Gasteiger charge is -2.11. The molecule has 7 nitrogen and oxygen atoms in total. The lowest BCUT2D eigenvalue weighted by Crippen LogP contribution is -2.13. The zero-order valence-corrected chi connectivity index (χ0v) is 14.8. The van der Waals surface area contributed by atoms with E-state index in [2.05, 4.69) is 25.5 Å². The van der Waals surface area contributed by atoms with Crippen molar-refractivity contribution in [2.45, 2.75) is 26.6 Å². The summed E-state index contributed by atoms with van der Waals surface area (Å²) in [4.78, 5) is 7.86. The summed E-state index contributed by atoms with van der Waals surface area (Å²) in [5.41, 5.74) is 2.05. The van der Waals surface area contributed by atoms with Crippen molar-refractivity contribution in [3.8, 4) is 11.3 Å². The maximum absolute atomic E-state index is 13.2. The number of hydrogen-bond donors (Lipinski definition) is 1. The molecule has 3 aromatic rings. The second-order valence-electron chi connectivity index (χ2n) is 5.99. The van der Waals surface area contributed by atoms with Crippen LogP contribution in [0.2, 0.25) is 0 Å². The van der Waals surface area contributed by atoms with Gasteiger partial charge in [-0.2, -0.15) is 23.4 Å². The monoisotopic (exact) mass is 365 g/mol. The smallest absolute Gasteiger partial charge is 0.350 e. The minimum Gasteiger partial charge on any atom is -0.350 e. The van der Waals surface area contributed by atoms with E-state index in [1.807, 2.05) is 6.92 Å². The highest BCUT2D eigenvalue weighted by Crippen LogP contribution is 2.31. The highest BCUT2D eigenvalue weighted by Gasteiger charge is 2.34. The van der Waals surface area contributed by atoms with Crippen LogP contribution in [0.25, 0.3) is 11.3 Å². The van der Waals surface area contributed by atoms with Gasteiger partial charge >= 0.3 is 6.18 Å². The summed E-state index contributed by atoms with van der Waals surface area (Å²) in [7, 11) is 3.50. The van der Waals surface area contributed by atoms with Crippen LogP contribution < -0.4 is 5.32 Å². The Morgan fingerprint density at radius 1 is 1.15 bits per heavy atom. The van der Waals surface area contributed by atoms with E-state index in [-0.39, 0.29) is 18.2 Å². The number of aromatic nitrogens is 6. The Balaban J connectivity index is 1.97. The largest absolute Gasteiger partial charge is 0.433 e. The van der Waals surface area contributed by atoms with Crippen LogP contribution in [0.1, 0.15) is 22.6 Å². The van der Waals surface area contributed by atoms with Gasteiger partial charge in [0.25, 0.3) is 0 Å². The van der Waals surface area contributed by atoms with Crippen molar-refractivity contribution in [3.05, 3.63) is 41.1 Å². The van der Waals surface area contributed by atoms with Gasteiger partial charge in [-0.1, -0.05) is 0 Å². The fourth-order valence-electron chi connectivity index (χ4n) is 2.55. The molecule has 0 aliphatic heterocycles. The van der Waals surface area contributed by atoms with Crippen LogP contribution in [0, 0.1) is 13.8 Å². The van der Waals surface area contributed by atoms with E-state index in [1.54, 1.807) is 38.1 Å². The average molecular weight is 365 g/mol. The maximum Gasteiger partial charge on any atom is 0.433 e. The van der Waals surface area contributed by atoms with Crippen molar-refractivity contribution in [1.29, 1.82) is 0 Å². The summed E-state index contributed by atoms with van der Waals surface area (Å²) in [6, 6.07) is 0.935. The Hall–Kier alpha value is -2.91. The van der Waals surface area contributed by atoms with E-state index >= 15 is 0 Å². The summed E-state index contributed by atoms with van der Waals surface area (Å²) in [5.74, 6) is -0.0960. The van der Waals surface area contributed by atoms with Crippen LogP contribution in [0.3, 0.4) is 0 Å². The summed E-state index contributed by atoms with van der Waals surface area (Å²) in [6.45, 7) is 3.87. The number of anilines is 1. The van der Waals surface area contributed by atoms with E-state index in [9.17, 15) is 13.2 Å². The molecule has 3 aromatic heterocycles. The van der Waals surface area contributed by atoms with E-state index in [0.29, 0.717) is 11.3 Å². The Morgan fingerprint density at radius 3 is 2.42 bits per heavy atom. The second-order valence-corrected chi connectivity index (χ2v) is 5.99. The van der Waals surface area contributed by atoms with Crippen molar-refractivity contribution in [1.82, 2.24) is 29.5 Å². The van der Waals surface area contributed by atoms with E-state index in [1.165, 1.54) is 4.68 Å². The number of halogens is 3. The number of alkyl halides is 3. The van der Waals surface area contributed by atoms with Crippen molar-refractivity contribution in [2.75, 3.05) is 5.32 Å². The molecule has 10 heteroatoms. The normalized spacial score (nSPS) is 11.8. The minimum atomic E-state index is -4.57. The van der Waals surface area contributed by atoms with Gasteiger partial charge in [0.05, 0.1) is 17.6 Å². The van der Waals surface area contributed by atoms with Gasteiger partial charge < -0.3 is 5.32 Å². The maximum atomic E-state index is 13.2. The average Bonchev–Trinajstić information content (AvgIpc) is 3.06. The molecular weight excluding hydrogens is 347 g/mol. The number of hydrogen-bond acceptors (Lipinski definition) is 5. The topological polar surface area (TPSA) is 73.5 Å². The van der Waals surface area contributed by atoms with Gasteiger partial charge in [0.2, 0.25) is 5.95 Å². The molecule has 3 heterocycles. The predicted molar refractivity (Wildman–Crippen MR) is 89.2 cm³/mol. The summed E-state index contributed by atoms with van der Waals surface area (Å²) < 4.78 is 43.0. The molecule has 138 valence electrons. The standard InChI is InChI=1S/C16H18F3N7/c1-9-12(8-25(3)24-9)13-5-14(16(17,18)19)23-15(22-13)20-6-11-7-21-26(4)10(11)2/h5,7-8H,6H2,1-4H3,(H,20,22,23). The third-order valence-electron chi connectivity index (χ3n) is 4.08. The Kier molecular flexibility index (Phi) is 4.43. The minimum absolute atomic E-state index is 0.0960. The van der Waals surface area contributed by atoms with Crippen LogP contribution in [-0.2, 0) is 26.8 Å². The summed E-state index contributed by atoms with van der Waals surface area (Å²) in [6.07, 6.45) is -1.29. The number of nitrogens with one attached hydrogen (secondary N) is 1. The van der Waals surface area contributed by atoms with E-state index in [4.69, 9.17) is 0 Å². The second kappa shape index (κ2) is 6.43. The molecule has 0 aromatic carbocycles. The van der Waals surface area contributed by atoms with Crippen molar-refractivity contribution in [2.24, 2.45) is 14.1 Å². The predicted octanol–water partition coefficient (Wildman–Crippen LogP) is 2.86. The van der Waals surface area contributed by atoms with Crippen LogP contribution in [0.4, 0.5) is 19.1 Å². The van der Waals surface area contributed by atoms with Crippen LogP contribution in [-0.4, -0.2) is 29.5 Å². The Bertz CT molecular complexity index is 940. The fourth-order valence-corrected chi connectivity index (χ4v) is 2.55. The molecule has 0 bridgehead atoms. The molecule has 0 saturated carbocycles. The molecule has 3 rings (SSSR count). The highest BCUT2D eigenvalue weighted by molar-refractivity contribution is 5.62. The van der Waals surface area contributed by atoms with E-state index < -0.39 is 11.9 Å². The van der Waals surface area contributed by atoms with Crippen molar-refractivity contribution < 1.29 is 13.2 Å². The number of aryl methyl sites for hydroxylation is 3. The van der Waals surface area contributed by atoms with Crippen molar-refractivity contribution >= 4 is 5.95 Å². The quantitative estimate of drug-likeness (QED) is 0.770. The van der Waals surface area contributed by atoms with Gasteiger partial charge in [-0.25, -0.2) is 9.97 Å². The first-order valence-electron chi connectivity index (χ1n) is 7.83. The summed E-state index contributed by atoms with van der Waals surface area (Å²) in [5, 5.41) is 11.1. The van der Waals surface area contributed by atoms with Crippen LogP contribution in [0.15, 0.2) is 18.5 Å². The third-order valence-corrected chi connectivity index (χ3v) is 4.08. The van der Waals surface area contributed by atoms with Gasteiger partial charge in [0, 0.05) is 43.7 Å². The summed E-state index contributed by atoms with van der Waals surface area (Å²) >= 11 is 0. The molecule has 0 atom stereocenters. The zero-order valence-electron chi connectivity index (χ0n) is 14.8. The lowest BCUT2D eigenvalue weighted by molar-refractivity contribution is -0.141. The highest BCUT2D eigenvalue weighted by atomic mass is 19.4. The number of nitrogens with zero attached hydrogens (tertiary/aromatic N) is 6. The molecule has 26 heavy (non-hydrogen) atoms. The first-order valence-corrected chi connectivity index (χ1v) is 7.83. The van der Waals surface area contributed by atoms with Gasteiger partial charge in [-0.05, 0) is 19.9 Å². The Morgan fingerprint density at radius 2 is 1.88 bits per heavy atom. The SMILES string of the molecule is Cc1nn(C)cc1-c1cc(C(F)(F)F)nc(NCc2cnn(C)c2C)n1. The number of rotatable bonds is 4. The molecule has 0 amide bonds. The fraction of sp³-hybridized carbons (Fsp3) is 0.375. The zero-order chi connectivity index (χ0) is 19.1. The van der Waals surface area contributed by atoms with Gasteiger partial charge in [-0.15, -0.1) is 0 Å². The third kappa shape index (κ3) is 3.53.